The Morgan fingerprint density at radius 1 is 1.26 bits per heavy atom. The molecule has 1 saturated heterocycles. The van der Waals surface area contributed by atoms with Crippen LogP contribution in [0, 0.1) is 6.92 Å². The molecule has 0 saturated carbocycles. The van der Waals surface area contributed by atoms with Gasteiger partial charge in [-0.3, -0.25) is 4.79 Å². The van der Waals surface area contributed by atoms with Crippen molar-refractivity contribution < 1.29 is 9.53 Å². The van der Waals surface area contributed by atoms with Crippen molar-refractivity contribution >= 4 is 11.6 Å². The Labute approximate surface area is 136 Å². The Bertz CT molecular complexity index is 664. The molecule has 0 spiro atoms. The molecule has 1 heterocycles. The molecule has 3 rings (SSSR count). The van der Waals surface area contributed by atoms with Crippen molar-refractivity contribution in [2.24, 2.45) is 0 Å². The molecule has 1 unspecified atom stereocenters. The molecule has 2 aromatic rings. The maximum Gasteiger partial charge on any atom is 0.226 e. The Hall–Kier alpha value is -2.33. The van der Waals surface area contributed by atoms with Gasteiger partial charge in [-0.15, -0.1) is 0 Å². The van der Waals surface area contributed by atoms with Gasteiger partial charge < -0.3 is 15.4 Å². The zero-order valence-electron chi connectivity index (χ0n) is 13.3. The lowest BCUT2D eigenvalue weighted by molar-refractivity contribution is -0.116. The predicted octanol–water partition coefficient (Wildman–Crippen LogP) is 3.87. The van der Waals surface area contributed by atoms with E-state index in [1.165, 1.54) is 0 Å². The van der Waals surface area contributed by atoms with Crippen LogP contribution in [-0.4, -0.2) is 18.5 Å². The first-order chi connectivity index (χ1) is 11.2. The lowest BCUT2D eigenvalue weighted by Crippen LogP contribution is -2.27. The molecular formula is C19H22N2O2. The second kappa shape index (κ2) is 7.29. The first kappa shape index (κ1) is 15.6. The highest BCUT2D eigenvalue weighted by atomic mass is 16.5. The highest BCUT2D eigenvalue weighted by molar-refractivity contribution is 5.92. The molecule has 2 aromatic carbocycles. The molecule has 120 valence electrons. The van der Waals surface area contributed by atoms with Gasteiger partial charge in [0.15, 0.2) is 5.75 Å². The van der Waals surface area contributed by atoms with Gasteiger partial charge in [0.1, 0.15) is 5.75 Å². The smallest absolute Gasteiger partial charge is 0.226 e. The van der Waals surface area contributed by atoms with Crippen LogP contribution in [-0.2, 0) is 4.79 Å². The molecule has 0 aromatic heterocycles. The van der Waals surface area contributed by atoms with Crippen LogP contribution in [0.3, 0.4) is 0 Å². The third kappa shape index (κ3) is 4.33. The second-order valence-electron chi connectivity index (χ2n) is 5.96. The summed E-state index contributed by atoms with van der Waals surface area (Å²) >= 11 is 0. The number of para-hydroxylation sites is 1. The number of ether oxygens (including phenoxy) is 1. The number of benzene rings is 2. The van der Waals surface area contributed by atoms with Gasteiger partial charge in [0.05, 0.1) is 5.69 Å². The molecular weight excluding hydrogens is 288 g/mol. The van der Waals surface area contributed by atoms with Crippen LogP contribution in [0.25, 0.3) is 0 Å². The summed E-state index contributed by atoms with van der Waals surface area (Å²) in [6.45, 7) is 3.01. The Morgan fingerprint density at radius 2 is 2.09 bits per heavy atom. The molecule has 0 aliphatic carbocycles. The largest absolute Gasteiger partial charge is 0.455 e. The number of rotatable bonds is 5. The summed E-state index contributed by atoms with van der Waals surface area (Å²) in [6, 6.07) is 15.7. The Balaban J connectivity index is 1.72. The van der Waals surface area contributed by atoms with Gasteiger partial charge in [-0.25, -0.2) is 0 Å². The van der Waals surface area contributed by atoms with Gasteiger partial charge in [-0.1, -0.05) is 24.3 Å². The summed E-state index contributed by atoms with van der Waals surface area (Å²) in [7, 11) is 0. The zero-order valence-corrected chi connectivity index (χ0v) is 13.3. The van der Waals surface area contributed by atoms with Crippen molar-refractivity contribution in [1.82, 2.24) is 5.32 Å². The Morgan fingerprint density at radius 3 is 2.83 bits per heavy atom. The van der Waals surface area contributed by atoms with E-state index >= 15 is 0 Å². The number of aryl methyl sites for hydroxylation is 1. The lowest BCUT2D eigenvalue weighted by Gasteiger charge is -2.15. The fraction of sp³-hybridized carbons (Fsp3) is 0.316. The molecule has 1 aliphatic rings. The Kier molecular flexibility index (Phi) is 4.93. The first-order valence-corrected chi connectivity index (χ1v) is 8.07. The van der Waals surface area contributed by atoms with E-state index in [0.29, 0.717) is 18.2 Å². The minimum atomic E-state index is 0.0212. The zero-order chi connectivity index (χ0) is 16.1. The van der Waals surface area contributed by atoms with Crippen LogP contribution >= 0.6 is 0 Å². The van der Waals surface area contributed by atoms with Gasteiger partial charge in [0.25, 0.3) is 0 Å². The number of hydrogen-bond donors (Lipinski definition) is 2. The van der Waals surface area contributed by atoms with Crippen LogP contribution in [0.4, 0.5) is 5.69 Å². The van der Waals surface area contributed by atoms with Gasteiger partial charge in [0.2, 0.25) is 5.91 Å². The number of carbonyl (C=O) groups is 1. The minimum Gasteiger partial charge on any atom is -0.455 e. The molecule has 0 radical (unpaired) electrons. The molecule has 1 atom stereocenters. The molecule has 1 aliphatic heterocycles. The molecule has 4 nitrogen and oxygen atoms in total. The molecule has 4 heteroatoms. The highest BCUT2D eigenvalue weighted by Gasteiger charge is 2.18. The number of amides is 1. The van der Waals surface area contributed by atoms with Crippen molar-refractivity contribution in [3.8, 4) is 11.5 Å². The van der Waals surface area contributed by atoms with Crippen LogP contribution < -0.4 is 15.4 Å². The van der Waals surface area contributed by atoms with Crippen LogP contribution in [0.1, 0.15) is 24.8 Å². The fourth-order valence-electron chi connectivity index (χ4n) is 2.80. The average Bonchev–Trinajstić information content (AvgIpc) is 3.04. The molecule has 1 fully saturated rings. The number of nitrogens with one attached hydrogen (secondary N) is 2. The summed E-state index contributed by atoms with van der Waals surface area (Å²) in [5.41, 5.74) is 1.80. The summed E-state index contributed by atoms with van der Waals surface area (Å²) < 4.78 is 5.91. The summed E-state index contributed by atoms with van der Waals surface area (Å²) in [4.78, 5) is 12.3. The third-order valence-corrected chi connectivity index (χ3v) is 3.97. The van der Waals surface area contributed by atoms with E-state index in [9.17, 15) is 4.79 Å². The summed E-state index contributed by atoms with van der Waals surface area (Å²) in [5, 5.41) is 6.34. The number of anilines is 1. The van der Waals surface area contributed by atoms with Gasteiger partial charge in [-0.2, -0.15) is 0 Å². The van der Waals surface area contributed by atoms with Gasteiger partial charge >= 0.3 is 0 Å². The third-order valence-electron chi connectivity index (χ3n) is 3.97. The molecule has 2 N–H and O–H groups in total. The quantitative estimate of drug-likeness (QED) is 0.881. The van der Waals surface area contributed by atoms with Crippen molar-refractivity contribution in [2.45, 2.75) is 32.2 Å². The van der Waals surface area contributed by atoms with Crippen molar-refractivity contribution in [3.63, 3.8) is 0 Å². The van der Waals surface area contributed by atoms with E-state index in [-0.39, 0.29) is 5.91 Å². The minimum absolute atomic E-state index is 0.0212. The van der Waals surface area contributed by atoms with Crippen LogP contribution in [0.5, 0.6) is 11.5 Å². The summed E-state index contributed by atoms with van der Waals surface area (Å²) in [5.74, 6) is 1.44. The normalized spacial score (nSPS) is 17.0. The summed E-state index contributed by atoms with van der Waals surface area (Å²) in [6.07, 6.45) is 2.71. The van der Waals surface area contributed by atoms with E-state index in [1.807, 2.05) is 55.5 Å². The highest BCUT2D eigenvalue weighted by Crippen LogP contribution is 2.30. The standard InChI is InChI=1S/C19H22N2O2/c1-14-9-10-18(23-16-7-3-2-4-8-16)17(12-14)21-19(22)13-15-6-5-11-20-15/h2-4,7-10,12,15,20H,5-6,11,13H2,1H3,(H,21,22). The number of carbonyl (C=O) groups excluding carboxylic acids is 1. The fourth-order valence-corrected chi connectivity index (χ4v) is 2.80. The van der Waals surface area contributed by atoms with E-state index in [4.69, 9.17) is 4.74 Å². The SMILES string of the molecule is Cc1ccc(Oc2ccccc2)c(NC(=O)CC2CCCN2)c1. The van der Waals surface area contributed by atoms with Gasteiger partial charge in [0, 0.05) is 12.5 Å². The second-order valence-corrected chi connectivity index (χ2v) is 5.96. The first-order valence-electron chi connectivity index (χ1n) is 8.07. The maximum atomic E-state index is 12.3. The van der Waals surface area contributed by atoms with Gasteiger partial charge in [-0.05, 0) is 56.1 Å². The molecule has 0 bridgehead atoms. The van der Waals surface area contributed by atoms with Crippen LogP contribution in [0.2, 0.25) is 0 Å². The van der Waals surface area contributed by atoms with Crippen LogP contribution in [0.15, 0.2) is 48.5 Å². The molecule has 23 heavy (non-hydrogen) atoms. The van der Waals surface area contributed by atoms with Crippen molar-refractivity contribution in [1.29, 1.82) is 0 Å². The van der Waals surface area contributed by atoms with E-state index < -0.39 is 0 Å². The van der Waals surface area contributed by atoms with E-state index in [1.54, 1.807) is 0 Å². The van der Waals surface area contributed by atoms with E-state index in [0.717, 1.165) is 36.4 Å². The maximum absolute atomic E-state index is 12.3. The van der Waals surface area contributed by atoms with Crippen molar-refractivity contribution in [3.05, 3.63) is 54.1 Å². The van der Waals surface area contributed by atoms with Crippen molar-refractivity contribution in [2.75, 3.05) is 11.9 Å². The topological polar surface area (TPSA) is 50.4 Å². The number of hydrogen-bond acceptors (Lipinski definition) is 3. The monoisotopic (exact) mass is 310 g/mol. The molecule has 1 amide bonds. The lowest BCUT2D eigenvalue weighted by atomic mass is 10.1. The average molecular weight is 310 g/mol. The van der Waals surface area contributed by atoms with E-state index in [2.05, 4.69) is 10.6 Å². The predicted molar refractivity (Wildman–Crippen MR) is 92.0 cm³/mol.